The van der Waals surface area contributed by atoms with Gasteiger partial charge in [-0.05, 0) is 18.6 Å². The first kappa shape index (κ1) is 16.9. The molecule has 0 fully saturated rings. The molecule has 0 atom stereocenters. The van der Waals surface area contributed by atoms with Crippen LogP contribution in [0.4, 0.5) is 16.2 Å². The van der Waals surface area contributed by atoms with Crippen LogP contribution in [0.25, 0.3) is 0 Å². The maximum Gasteiger partial charge on any atom is 0.225 e. The zero-order valence-electron chi connectivity index (χ0n) is 14.4. The summed E-state index contributed by atoms with van der Waals surface area (Å²) in [5.74, 6) is 1.09. The van der Waals surface area contributed by atoms with Crippen molar-refractivity contribution in [3.63, 3.8) is 0 Å². The van der Waals surface area contributed by atoms with Crippen LogP contribution < -0.4 is 10.2 Å². The average Bonchev–Trinajstić information content (AvgIpc) is 2.61. The highest BCUT2D eigenvalue weighted by molar-refractivity contribution is 5.45. The number of aryl methyl sites for hydroxylation is 1. The van der Waals surface area contributed by atoms with Crippen LogP contribution in [0.5, 0.6) is 0 Å². The number of benzene rings is 2. The molecule has 0 amide bonds. The predicted octanol–water partition coefficient (Wildman–Crippen LogP) is 4.17. The molecule has 0 radical (unpaired) electrons. The standard InChI is InChI=1S/C20H21FN4/c1-15-12-19(25(2)14-16-8-4-3-5-9-16)24-20(23-15)22-13-17-10-6-7-11-18(17)21/h3-12H,13-14H2,1-2H3,(H,22,23,24). The quantitative estimate of drug-likeness (QED) is 0.733. The molecule has 0 spiro atoms. The first-order valence-electron chi connectivity index (χ1n) is 8.20. The summed E-state index contributed by atoms with van der Waals surface area (Å²) in [5.41, 5.74) is 2.66. The van der Waals surface area contributed by atoms with Crippen molar-refractivity contribution in [1.82, 2.24) is 9.97 Å². The Morgan fingerprint density at radius 3 is 2.48 bits per heavy atom. The Morgan fingerprint density at radius 1 is 1.00 bits per heavy atom. The van der Waals surface area contributed by atoms with Crippen LogP contribution in [0, 0.1) is 12.7 Å². The topological polar surface area (TPSA) is 41.1 Å². The van der Waals surface area contributed by atoms with E-state index in [4.69, 9.17) is 0 Å². The van der Waals surface area contributed by atoms with Crippen molar-refractivity contribution in [2.45, 2.75) is 20.0 Å². The first-order chi connectivity index (χ1) is 12.1. The van der Waals surface area contributed by atoms with Crippen LogP contribution in [0.1, 0.15) is 16.8 Å². The van der Waals surface area contributed by atoms with Crippen molar-refractivity contribution in [3.8, 4) is 0 Å². The smallest absolute Gasteiger partial charge is 0.225 e. The highest BCUT2D eigenvalue weighted by atomic mass is 19.1. The Morgan fingerprint density at radius 2 is 1.72 bits per heavy atom. The maximum absolute atomic E-state index is 13.7. The molecular weight excluding hydrogens is 315 g/mol. The molecule has 5 heteroatoms. The summed E-state index contributed by atoms with van der Waals surface area (Å²) in [4.78, 5) is 11.0. The van der Waals surface area contributed by atoms with Gasteiger partial charge in [0.05, 0.1) is 0 Å². The van der Waals surface area contributed by atoms with Crippen LogP contribution in [-0.2, 0) is 13.1 Å². The van der Waals surface area contributed by atoms with Gasteiger partial charge in [0.1, 0.15) is 11.6 Å². The van der Waals surface area contributed by atoms with Gasteiger partial charge < -0.3 is 10.2 Å². The third kappa shape index (κ3) is 4.53. The first-order valence-corrected chi connectivity index (χ1v) is 8.20. The number of rotatable bonds is 6. The fourth-order valence-corrected chi connectivity index (χ4v) is 2.58. The lowest BCUT2D eigenvalue weighted by molar-refractivity contribution is 0.612. The summed E-state index contributed by atoms with van der Waals surface area (Å²) in [6.07, 6.45) is 0. The third-order valence-electron chi connectivity index (χ3n) is 3.89. The zero-order valence-corrected chi connectivity index (χ0v) is 14.4. The van der Waals surface area contributed by atoms with E-state index in [0.717, 1.165) is 18.1 Å². The molecule has 25 heavy (non-hydrogen) atoms. The fourth-order valence-electron chi connectivity index (χ4n) is 2.58. The molecule has 1 heterocycles. The van der Waals surface area contributed by atoms with Crippen molar-refractivity contribution in [2.24, 2.45) is 0 Å². The van der Waals surface area contributed by atoms with Gasteiger partial charge >= 0.3 is 0 Å². The highest BCUT2D eigenvalue weighted by Gasteiger charge is 2.08. The Bertz CT molecular complexity index is 836. The number of anilines is 2. The Labute approximate surface area is 147 Å². The molecule has 2 aromatic carbocycles. The summed E-state index contributed by atoms with van der Waals surface area (Å²) in [7, 11) is 2.00. The van der Waals surface area contributed by atoms with Crippen molar-refractivity contribution in [1.29, 1.82) is 0 Å². The van der Waals surface area contributed by atoms with E-state index in [2.05, 4.69) is 32.3 Å². The van der Waals surface area contributed by atoms with Gasteiger partial charge in [-0.15, -0.1) is 0 Å². The Hall–Kier alpha value is -2.95. The Balaban J connectivity index is 1.72. The second-order valence-electron chi connectivity index (χ2n) is 5.98. The van der Waals surface area contributed by atoms with Crippen LogP contribution in [0.3, 0.4) is 0 Å². The largest absolute Gasteiger partial charge is 0.355 e. The second kappa shape index (κ2) is 7.75. The van der Waals surface area contributed by atoms with E-state index in [9.17, 15) is 4.39 Å². The van der Waals surface area contributed by atoms with E-state index in [1.807, 2.05) is 44.3 Å². The summed E-state index contributed by atoms with van der Waals surface area (Å²) >= 11 is 0. The minimum atomic E-state index is -0.232. The number of hydrogen-bond acceptors (Lipinski definition) is 4. The van der Waals surface area contributed by atoms with E-state index >= 15 is 0 Å². The molecule has 1 N–H and O–H groups in total. The van der Waals surface area contributed by atoms with Gasteiger partial charge in [0, 0.05) is 37.5 Å². The fraction of sp³-hybridized carbons (Fsp3) is 0.200. The number of hydrogen-bond donors (Lipinski definition) is 1. The Kier molecular flexibility index (Phi) is 5.23. The molecule has 0 aliphatic heterocycles. The van der Waals surface area contributed by atoms with Crippen LogP contribution in [-0.4, -0.2) is 17.0 Å². The van der Waals surface area contributed by atoms with Gasteiger partial charge in [0.15, 0.2) is 0 Å². The molecule has 0 unspecified atom stereocenters. The number of aromatic nitrogens is 2. The van der Waals surface area contributed by atoms with Crippen molar-refractivity contribution >= 4 is 11.8 Å². The van der Waals surface area contributed by atoms with Crippen LogP contribution >= 0.6 is 0 Å². The van der Waals surface area contributed by atoms with Crippen molar-refractivity contribution < 1.29 is 4.39 Å². The van der Waals surface area contributed by atoms with Crippen LogP contribution in [0.15, 0.2) is 60.7 Å². The lowest BCUT2D eigenvalue weighted by Crippen LogP contribution is -2.19. The van der Waals surface area contributed by atoms with Gasteiger partial charge in [-0.1, -0.05) is 48.5 Å². The molecule has 128 valence electrons. The van der Waals surface area contributed by atoms with Gasteiger partial charge in [-0.3, -0.25) is 0 Å². The maximum atomic E-state index is 13.7. The average molecular weight is 336 g/mol. The predicted molar refractivity (Wildman–Crippen MR) is 99.0 cm³/mol. The lowest BCUT2D eigenvalue weighted by atomic mass is 10.2. The number of nitrogens with one attached hydrogen (secondary N) is 1. The molecule has 0 aliphatic carbocycles. The summed E-state index contributed by atoms with van der Waals surface area (Å²) in [5, 5.41) is 3.11. The minimum Gasteiger partial charge on any atom is -0.355 e. The molecule has 0 saturated heterocycles. The van der Waals surface area contributed by atoms with E-state index in [1.165, 1.54) is 11.6 Å². The summed E-state index contributed by atoms with van der Waals surface area (Å²) in [6, 6.07) is 18.9. The van der Waals surface area contributed by atoms with Crippen molar-refractivity contribution in [2.75, 3.05) is 17.3 Å². The zero-order chi connectivity index (χ0) is 17.6. The molecule has 1 aromatic heterocycles. The van der Waals surface area contributed by atoms with Gasteiger partial charge in [0.25, 0.3) is 0 Å². The second-order valence-corrected chi connectivity index (χ2v) is 5.98. The lowest BCUT2D eigenvalue weighted by Gasteiger charge is -2.19. The highest BCUT2D eigenvalue weighted by Crippen LogP contribution is 2.17. The number of halogens is 1. The molecule has 3 aromatic rings. The summed E-state index contributed by atoms with van der Waals surface area (Å²) < 4.78 is 13.7. The molecular formula is C20H21FN4. The van der Waals surface area contributed by atoms with E-state index < -0.39 is 0 Å². The molecule has 0 saturated carbocycles. The minimum absolute atomic E-state index is 0.232. The van der Waals surface area contributed by atoms with Gasteiger partial charge in [0.2, 0.25) is 5.95 Å². The third-order valence-corrected chi connectivity index (χ3v) is 3.89. The monoisotopic (exact) mass is 336 g/mol. The van der Waals surface area contributed by atoms with Crippen LogP contribution in [0.2, 0.25) is 0 Å². The van der Waals surface area contributed by atoms with Gasteiger partial charge in [-0.2, -0.15) is 4.98 Å². The normalized spacial score (nSPS) is 10.5. The molecule has 4 nitrogen and oxygen atoms in total. The van der Waals surface area contributed by atoms with E-state index in [0.29, 0.717) is 18.1 Å². The van der Waals surface area contributed by atoms with Crippen molar-refractivity contribution in [3.05, 3.63) is 83.3 Å². The molecule has 0 bridgehead atoms. The summed E-state index contributed by atoms with van der Waals surface area (Å²) in [6.45, 7) is 3.03. The molecule has 0 aliphatic rings. The SMILES string of the molecule is Cc1cc(N(C)Cc2ccccc2)nc(NCc2ccccc2F)n1. The molecule has 3 rings (SSSR count). The van der Waals surface area contributed by atoms with E-state index in [-0.39, 0.29) is 5.82 Å². The van der Waals surface area contributed by atoms with E-state index in [1.54, 1.807) is 12.1 Å². The number of nitrogens with zero attached hydrogens (tertiary/aromatic N) is 3. The van der Waals surface area contributed by atoms with Gasteiger partial charge in [-0.25, -0.2) is 9.37 Å².